The van der Waals surface area contributed by atoms with Crippen LogP contribution in [0.15, 0.2) is 35.1 Å². The average Bonchev–Trinajstić information content (AvgIpc) is 2.72. The van der Waals surface area contributed by atoms with E-state index in [-0.39, 0.29) is 35.1 Å². The molecular formula is C23H23Cl2FN4O2. The minimum Gasteiger partial charge on any atom is -0.374 e. The lowest BCUT2D eigenvalue weighted by molar-refractivity contribution is -0.131. The third-order valence-electron chi connectivity index (χ3n) is 5.84. The van der Waals surface area contributed by atoms with Crippen LogP contribution < -0.4 is 16.6 Å². The average molecular weight is 477 g/mol. The molecule has 2 aromatic carbocycles. The molecule has 0 aliphatic carbocycles. The predicted octanol–water partition coefficient (Wildman–Crippen LogP) is 4.03. The van der Waals surface area contributed by atoms with E-state index in [9.17, 15) is 14.0 Å². The summed E-state index contributed by atoms with van der Waals surface area (Å²) in [6.07, 6.45) is 1.15. The highest BCUT2D eigenvalue weighted by molar-refractivity contribution is 6.35. The smallest absolute Gasteiger partial charge is 0.256 e. The third-order valence-corrected chi connectivity index (χ3v) is 6.37. The van der Waals surface area contributed by atoms with Crippen LogP contribution in [-0.2, 0) is 17.6 Å². The van der Waals surface area contributed by atoms with Crippen molar-refractivity contribution in [2.75, 3.05) is 25.0 Å². The van der Waals surface area contributed by atoms with E-state index in [1.54, 1.807) is 23.1 Å². The fourth-order valence-electron chi connectivity index (χ4n) is 4.28. The molecule has 2 heterocycles. The molecule has 0 radical (unpaired) electrons. The van der Waals surface area contributed by atoms with E-state index < -0.39 is 5.82 Å². The van der Waals surface area contributed by atoms with Crippen molar-refractivity contribution >= 4 is 45.6 Å². The van der Waals surface area contributed by atoms with Crippen molar-refractivity contribution in [1.29, 1.82) is 0 Å². The van der Waals surface area contributed by atoms with Gasteiger partial charge in [-0.2, -0.15) is 0 Å². The van der Waals surface area contributed by atoms with E-state index in [0.717, 1.165) is 11.1 Å². The summed E-state index contributed by atoms with van der Waals surface area (Å²) in [7, 11) is 0. The number of benzene rings is 2. The molecule has 1 atom stereocenters. The fraction of sp³-hybridized carbons (Fsp3) is 0.304. The quantitative estimate of drug-likeness (QED) is 0.518. The van der Waals surface area contributed by atoms with Crippen LogP contribution in [0.2, 0.25) is 10.0 Å². The third kappa shape index (κ3) is 4.33. The van der Waals surface area contributed by atoms with E-state index >= 15 is 0 Å². The number of carbonyl (C=O) groups is 1. The molecular weight excluding hydrogens is 454 g/mol. The Morgan fingerprint density at radius 2 is 2.06 bits per heavy atom. The normalized spacial score (nSPS) is 15.7. The van der Waals surface area contributed by atoms with Gasteiger partial charge in [0.25, 0.3) is 5.56 Å². The molecule has 0 spiro atoms. The largest absolute Gasteiger partial charge is 0.374 e. The first kappa shape index (κ1) is 22.6. The van der Waals surface area contributed by atoms with Crippen LogP contribution in [-0.4, -0.2) is 35.4 Å². The second-order valence-corrected chi connectivity index (χ2v) is 8.75. The fourth-order valence-corrected chi connectivity index (χ4v) is 4.98. The van der Waals surface area contributed by atoms with Crippen LogP contribution in [0.5, 0.6) is 0 Å². The van der Waals surface area contributed by atoms with Gasteiger partial charge in [0.2, 0.25) is 5.91 Å². The number of fused-ring (bicyclic) bond motifs is 2. The van der Waals surface area contributed by atoms with Crippen molar-refractivity contribution in [3.63, 3.8) is 0 Å². The van der Waals surface area contributed by atoms with Gasteiger partial charge in [0, 0.05) is 22.3 Å². The number of H-pyrrole nitrogens is 1. The van der Waals surface area contributed by atoms with Crippen LogP contribution >= 0.6 is 23.2 Å². The Balaban J connectivity index is 1.53. The second-order valence-electron chi connectivity index (χ2n) is 7.91. The van der Waals surface area contributed by atoms with Gasteiger partial charge in [-0.15, -0.1) is 0 Å². The molecule has 1 amide bonds. The van der Waals surface area contributed by atoms with Crippen LogP contribution in [0.4, 0.5) is 10.1 Å². The first-order valence-electron chi connectivity index (χ1n) is 10.3. The number of pyridine rings is 1. The number of anilines is 1. The van der Waals surface area contributed by atoms with Crippen molar-refractivity contribution in [1.82, 2.24) is 9.88 Å². The number of aromatic nitrogens is 1. The van der Waals surface area contributed by atoms with Gasteiger partial charge in [-0.25, -0.2) is 4.39 Å². The molecule has 0 fully saturated rings. The van der Waals surface area contributed by atoms with Gasteiger partial charge >= 0.3 is 0 Å². The highest BCUT2D eigenvalue weighted by atomic mass is 35.5. The number of amides is 1. The number of aromatic amines is 1. The zero-order chi connectivity index (χ0) is 23.0. The summed E-state index contributed by atoms with van der Waals surface area (Å²) in [5.74, 6) is -0.777. The number of hydrogen-bond donors (Lipinski definition) is 3. The zero-order valence-corrected chi connectivity index (χ0v) is 19.0. The minimum atomic E-state index is -0.600. The monoisotopic (exact) mass is 476 g/mol. The summed E-state index contributed by atoms with van der Waals surface area (Å²) in [6, 6.07) is 7.82. The number of nitrogens with zero attached hydrogens (tertiary/aromatic N) is 1. The number of carbonyl (C=O) groups excluding carboxylic acids is 1. The van der Waals surface area contributed by atoms with Crippen molar-refractivity contribution < 1.29 is 9.18 Å². The molecule has 168 valence electrons. The molecule has 9 heteroatoms. The van der Waals surface area contributed by atoms with Gasteiger partial charge in [-0.3, -0.25) is 9.59 Å². The first-order chi connectivity index (χ1) is 15.3. The number of nitrogens with two attached hydrogens (primary N) is 1. The Bertz CT molecular complexity index is 1260. The minimum absolute atomic E-state index is 0.0911. The van der Waals surface area contributed by atoms with Gasteiger partial charge in [0.1, 0.15) is 5.82 Å². The highest BCUT2D eigenvalue weighted by Crippen LogP contribution is 2.37. The van der Waals surface area contributed by atoms with Gasteiger partial charge in [-0.1, -0.05) is 23.2 Å². The van der Waals surface area contributed by atoms with Crippen LogP contribution in [0.25, 0.3) is 10.8 Å². The molecule has 4 rings (SSSR count). The summed E-state index contributed by atoms with van der Waals surface area (Å²) >= 11 is 12.5. The number of rotatable bonds is 5. The standard InChI is InChI=1S/C23H23Cl2FN4O2/c1-12-22-13(6-15(24)9-18(22)25)3-5-30(12)21(31)11-28-20-8-14-7-16(2-4-27)29-23(32)17(14)10-19(20)26/h6-10,12,28H,2-5,11,27H2,1H3,(H,29,32). The number of nitrogens with one attached hydrogen (secondary N) is 2. The Kier molecular flexibility index (Phi) is 6.42. The van der Waals surface area contributed by atoms with Crippen LogP contribution in [0.1, 0.15) is 29.8 Å². The van der Waals surface area contributed by atoms with Crippen LogP contribution in [0.3, 0.4) is 0 Å². The van der Waals surface area contributed by atoms with Crippen LogP contribution in [0, 0.1) is 5.82 Å². The number of halogens is 3. The molecule has 0 bridgehead atoms. The maximum absolute atomic E-state index is 14.6. The Hall–Kier alpha value is -2.61. The van der Waals surface area contributed by atoms with E-state index in [1.165, 1.54) is 6.07 Å². The summed E-state index contributed by atoms with van der Waals surface area (Å²) in [5, 5.41) is 4.81. The highest BCUT2D eigenvalue weighted by Gasteiger charge is 2.29. The van der Waals surface area contributed by atoms with Gasteiger partial charge in [-0.05, 0) is 73.2 Å². The molecule has 0 saturated carbocycles. The molecule has 1 aliphatic rings. The molecule has 6 nitrogen and oxygen atoms in total. The Morgan fingerprint density at radius 1 is 1.28 bits per heavy atom. The molecule has 0 saturated heterocycles. The van der Waals surface area contributed by atoms with Gasteiger partial charge in [0.05, 0.1) is 23.7 Å². The molecule has 4 N–H and O–H groups in total. The Labute approximate surface area is 194 Å². The van der Waals surface area contributed by atoms with Gasteiger partial charge in [0.15, 0.2) is 0 Å². The zero-order valence-electron chi connectivity index (χ0n) is 17.5. The van der Waals surface area contributed by atoms with E-state index in [1.807, 2.05) is 13.0 Å². The lowest BCUT2D eigenvalue weighted by Crippen LogP contribution is -2.42. The van der Waals surface area contributed by atoms with E-state index in [2.05, 4.69) is 10.3 Å². The summed E-state index contributed by atoms with van der Waals surface area (Å²) < 4.78 is 14.6. The number of hydrogen-bond acceptors (Lipinski definition) is 4. The summed E-state index contributed by atoms with van der Waals surface area (Å²) in [5.41, 5.74) is 7.95. The maximum Gasteiger partial charge on any atom is 0.256 e. The topological polar surface area (TPSA) is 91.2 Å². The molecule has 1 unspecified atom stereocenters. The summed E-state index contributed by atoms with van der Waals surface area (Å²) in [4.78, 5) is 29.6. The lowest BCUT2D eigenvalue weighted by atomic mass is 9.93. The first-order valence-corrected chi connectivity index (χ1v) is 11.1. The summed E-state index contributed by atoms with van der Waals surface area (Å²) in [6.45, 7) is 2.72. The van der Waals surface area contributed by atoms with Gasteiger partial charge < -0.3 is 20.9 Å². The van der Waals surface area contributed by atoms with Crippen molar-refractivity contribution in [3.8, 4) is 0 Å². The molecule has 32 heavy (non-hydrogen) atoms. The molecule has 1 aliphatic heterocycles. The van der Waals surface area contributed by atoms with Crippen molar-refractivity contribution in [2.45, 2.75) is 25.8 Å². The molecule has 3 aromatic rings. The predicted molar refractivity (Wildman–Crippen MR) is 126 cm³/mol. The van der Waals surface area contributed by atoms with E-state index in [4.69, 9.17) is 28.9 Å². The Morgan fingerprint density at radius 3 is 2.81 bits per heavy atom. The SMILES string of the molecule is CC1c2c(Cl)cc(Cl)cc2CCN1C(=O)CNc1cc2cc(CCN)[nH]c(=O)c2cc1F. The van der Waals surface area contributed by atoms with Crippen molar-refractivity contribution in [3.05, 3.63) is 73.4 Å². The molecule has 1 aromatic heterocycles. The lowest BCUT2D eigenvalue weighted by Gasteiger charge is -2.36. The maximum atomic E-state index is 14.6. The van der Waals surface area contributed by atoms with Crippen molar-refractivity contribution in [2.24, 2.45) is 5.73 Å². The second kappa shape index (κ2) is 9.10. The van der Waals surface area contributed by atoms with E-state index in [0.29, 0.717) is 47.1 Å².